The number of rotatable bonds is 12. The van der Waals surface area contributed by atoms with Crippen LogP contribution in [0.25, 0.3) is 32.7 Å². The number of benzene rings is 4. The number of hydrogen-bond acceptors (Lipinski definition) is 3. The van der Waals surface area contributed by atoms with E-state index in [1.807, 2.05) is 0 Å². The second-order valence-corrected chi connectivity index (χ2v) is 12.3. The van der Waals surface area contributed by atoms with Crippen molar-refractivity contribution in [3.63, 3.8) is 0 Å². The molecule has 0 amide bonds. The van der Waals surface area contributed by atoms with Crippen molar-refractivity contribution in [3.8, 4) is 0 Å². The first-order chi connectivity index (χ1) is 22.0. The summed E-state index contributed by atoms with van der Waals surface area (Å²) in [5, 5.41) is 15.0. The molecule has 0 unspecified atom stereocenters. The van der Waals surface area contributed by atoms with Gasteiger partial charge in [0, 0.05) is 72.9 Å². The molecule has 0 fully saturated rings. The maximum absolute atomic E-state index is 3.75. The lowest BCUT2D eigenvalue weighted by atomic mass is 9.87. The van der Waals surface area contributed by atoms with E-state index in [0.717, 1.165) is 39.3 Å². The van der Waals surface area contributed by atoms with Gasteiger partial charge in [-0.05, 0) is 107 Å². The van der Waals surface area contributed by atoms with Crippen LogP contribution in [-0.4, -0.2) is 15.0 Å². The summed E-state index contributed by atoms with van der Waals surface area (Å²) >= 11 is 0. The number of hydrogen-bond donors (Lipinski definition) is 6. The van der Waals surface area contributed by atoms with Gasteiger partial charge in [-0.3, -0.25) is 0 Å². The van der Waals surface area contributed by atoms with E-state index >= 15 is 0 Å². The highest BCUT2D eigenvalue weighted by Crippen LogP contribution is 2.28. The lowest BCUT2D eigenvalue weighted by molar-refractivity contribution is 0.648. The second-order valence-electron chi connectivity index (χ2n) is 12.3. The molecule has 7 rings (SSSR count). The van der Waals surface area contributed by atoms with Crippen LogP contribution in [0.2, 0.25) is 0 Å². The average molecular weight is 595 g/mol. The van der Waals surface area contributed by atoms with Gasteiger partial charge in [-0.25, -0.2) is 0 Å². The fourth-order valence-corrected chi connectivity index (χ4v) is 6.84. The molecule has 0 aliphatic heterocycles. The van der Waals surface area contributed by atoms with E-state index in [4.69, 9.17) is 0 Å². The fraction of sp³-hybridized carbons (Fsp3) is 0.231. The molecule has 3 aromatic heterocycles. The van der Waals surface area contributed by atoms with Gasteiger partial charge in [0.2, 0.25) is 0 Å². The first-order valence-corrected chi connectivity index (χ1v) is 16.0. The standard InChI is InChI=1S/C39H42N6/c1-25-34(22-40-19-31-16-28-10-4-7-13-37(28)43-31)26(2)36(24-42-21-33-18-30-12-6-9-15-39(30)45-33)27(3)35(25)23-41-20-32-17-29-11-5-8-14-38(29)44-32/h4-18,40-45H,19-24H2,1-3H3. The fourth-order valence-electron chi connectivity index (χ4n) is 6.84. The summed E-state index contributed by atoms with van der Waals surface area (Å²) in [5.41, 5.74) is 15.5. The predicted octanol–water partition coefficient (Wildman–Crippen LogP) is 7.93. The van der Waals surface area contributed by atoms with Gasteiger partial charge < -0.3 is 30.9 Å². The molecule has 6 nitrogen and oxygen atoms in total. The molecule has 6 heteroatoms. The Hall–Kier alpha value is -4.62. The van der Waals surface area contributed by atoms with Gasteiger partial charge >= 0.3 is 0 Å². The van der Waals surface area contributed by atoms with Crippen molar-refractivity contribution in [1.29, 1.82) is 0 Å². The Kier molecular flexibility index (Phi) is 8.27. The van der Waals surface area contributed by atoms with Crippen LogP contribution in [0, 0.1) is 20.8 Å². The lowest BCUT2D eigenvalue weighted by Crippen LogP contribution is -2.22. The van der Waals surface area contributed by atoms with Crippen LogP contribution >= 0.6 is 0 Å². The number of fused-ring (bicyclic) bond motifs is 3. The van der Waals surface area contributed by atoms with Gasteiger partial charge in [-0.1, -0.05) is 54.6 Å². The van der Waals surface area contributed by atoms with Crippen LogP contribution < -0.4 is 16.0 Å². The summed E-state index contributed by atoms with van der Waals surface area (Å²) in [6, 6.07) is 32.1. The van der Waals surface area contributed by atoms with E-state index in [1.165, 1.54) is 83.2 Å². The number of para-hydroxylation sites is 3. The Morgan fingerprint density at radius 3 is 0.978 bits per heavy atom. The second kappa shape index (κ2) is 12.8. The molecule has 4 aromatic carbocycles. The third-order valence-electron chi connectivity index (χ3n) is 9.32. The molecule has 3 heterocycles. The minimum atomic E-state index is 0.795. The molecule has 0 bridgehead atoms. The van der Waals surface area contributed by atoms with Crippen molar-refractivity contribution >= 4 is 32.7 Å². The summed E-state index contributed by atoms with van der Waals surface area (Å²) in [6.07, 6.45) is 0. The number of aromatic nitrogens is 3. The summed E-state index contributed by atoms with van der Waals surface area (Å²) in [6.45, 7) is 11.7. The monoisotopic (exact) mass is 594 g/mol. The molecular weight excluding hydrogens is 552 g/mol. The molecule has 0 radical (unpaired) electrons. The largest absolute Gasteiger partial charge is 0.357 e. The van der Waals surface area contributed by atoms with Crippen LogP contribution in [0.5, 0.6) is 0 Å². The van der Waals surface area contributed by atoms with Crippen LogP contribution in [0.3, 0.4) is 0 Å². The summed E-state index contributed by atoms with van der Waals surface area (Å²) in [7, 11) is 0. The maximum atomic E-state index is 3.75. The smallest absolute Gasteiger partial charge is 0.0456 e. The van der Waals surface area contributed by atoms with E-state index < -0.39 is 0 Å². The van der Waals surface area contributed by atoms with Crippen LogP contribution in [0.15, 0.2) is 91.0 Å². The summed E-state index contributed by atoms with van der Waals surface area (Å²) in [4.78, 5) is 10.7. The van der Waals surface area contributed by atoms with E-state index in [2.05, 4.69) is 143 Å². The molecule has 0 atom stereocenters. The van der Waals surface area contributed by atoms with Gasteiger partial charge in [0.05, 0.1) is 0 Å². The maximum Gasteiger partial charge on any atom is 0.0456 e. The van der Waals surface area contributed by atoms with E-state index in [-0.39, 0.29) is 0 Å². The molecule has 0 spiro atoms. The van der Waals surface area contributed by atoms with Gasteiger partial charge in [0.15, 0.2) is 0 Å². The van der Waals surface area contributed by atoms with Gasteiger partial charge in [0.25, 0.3) is 0 Å². The Morgan fingerprint density at radius 1 is 0.400 bits per heavy atom. The molecule has 0 saturated heterocycles. The van der Waals surface area contributed by atoms with Crippen molar-refractivity contribution < 1.29 is 0 Å². The number of aromatic amines is 3. The van der Waals surface area contributed by atoms with Crippen molar-refractivity contribution in [2.75, 3.05) is 0 Å². The first-order valence-electron chi connectivity index (χ1n) is 16.0. The Balaban J connectivity index is 1.10. The van der Waals surface area contributed by atoms with Gasteiger partial charge in [0.1, 0.15) is 0 Å². The first kappa shape index (κ1) is 29.1. The van der Waals surface area contributed by atoms with Crippen LogP contribution in [0.1, 0.15) is 50.5 Å². The average Bonchev–Trinajstić information content (AvgIpc) is 3.78. The van der Waals surface area contributed by atoms with Crippen molar-refractivity contribution in [3.05, 3.63) is 141 Å². The molecular formula is C39H42N6. The topological polar surface area (TPSA) is 83.5 Å². The molecule has 0 aliphatic rings. The van der Waals surface area contributed by atoms with E-state index in [1.54, 1.807) is 0 Å². The Bertz CT molecular complexity index is 1730. The number of H-pyrrole nitrogens is 3. The highest BCUT2D eigenvalue weighted by Gasteiger charge is 2.17. The Morgan fingerprint density at radius 2 is 0.689 bits per heavy atom. The molecule has 6 N–H and O–H groups in total. The zero-order chi connectivity index (χ0) is 30.8. The van der Waals surface area contributed by atoms with Crippen molar-refractivity contribution in [2.45, 2.75) is 60.0 Å². The van der Waals surface area contributed by atoms with E-state index in [9.17, 15) is 0 Å². The quantitative estimate of drug-likeness (QED) is 0.0869. The molecule has 228 valence electrons. The van der Waals surface area contributed by atoms with Crippen molar-refractivity contribution in [1.82, 2.24) is 30.9 Å². The Labute approximate surface area is 264 Å². The summed E-state index contributed by atoms with van der Waals surface area (Å²) in [5.74, 6) is 0. The molecule has 7 aromatic rings. The molecule has 0 aliphatic carbocycles. The van der Waals surface area contributed by atoms with Crippen LogP contribution in [0.4, 0.5) is 0 Å². The highest BCUT2D eigenvalue weighted by atomic mass is 14.9. The van der Waals surface area contributed by atoms with Gasteiger partial charge in [-0.2, -0.15) is 0 Å². The van der Waals surface area contributed by atoms with E-state index in [0.29, 0.717) is 0 Å². The minimum Gasteiger partial charge on any atom is -0.357 e. The predicted molar refractivity (Wildman–Crippen MR) is 187 cm³/mol. The zero-order valence-electron chi connectivity index (χ0n) is 26.4. The number of nitrogens with one attached hydrogen (secondary N) is 6. The SMILES string of the molecule is Cc1c(CNCc2cc3ccccc3[nH]2)c(C)c(CNCc2cc3ccccc3[nH]2)c(C)c1CNCc1cc2ccccc2[nH]1. The third-order valence-corrected chi connectivity index (χ3v) is 9.32. The van der Waals surface area contributed by atoms with Gasteiger partial charge in [-0.15, -0.1) is 0 Å². The minimum absolute atomic E-state index is 0.795. The molecule has 0 saturated carbocycles. The molecule has 45 heavy (non-hydrogen) atoms. The normalized spacial score (nSPS) is 11.8. The van der Waals surface area contributed by atoms with Crippen molar-refractivity contribution in [2.24, 2.45) is 0 Å². The zero-order valence-corrected chi connectivity index (χ0v) is 26.4. The summed E-state index contributed by atoms with van der Waals surface area (Å²) < 4.78 is 0. The third kappa shape index (κ3) is 6.18. The van der Waals surface area contributed by atoms with Crippen LogP contribution in [-0.2, 0) is 39.3 Å². The highest BCUT2D eigenvalue weighted by molar-refractivity contribution is 5.81. The lowest BCUT2D eigenvalue weighted by Gasteiger charge is -2.23.